The quantitative estimate of drug-likeness (QED) is 0.182. The highest BCUT2D eigenvalue weighted by molar-refractivity contribution is 8.13. The van der Waals surface area contributed by atoms with Crippen LogP contribution in [-0.2, 0) is 29.7 Å². The van der Waals surface area contributed by atoms with Gasteiger partial charge in [0.05, 0.1) is 25.2 Å². The normalized spacial score (nSPS) is 22.1. The molecular formula is C26H37FN7O5PS. The van der Waals surface area contributed by atoms with Gasteiger partial charge in [0.2, 0.25) is 0 Å². The monoisotopic (exact) mass is 609 g/mol. The maximum atomic E-state index is 14.5. The first-order chi connectivity index (χ1) is 19.5. The summed E-state index contributed by atoms with van der Waals surface area (Å²) in [6.45, 7) is 6.57. The van der Waals surface area contributed by atoms with Gasteiger partial charge < -0.3 is 21.5 Å². The number of aliphatic imine (C=N–C) groups is 1. The van der Waals surface area contributed by atoms with E-state index in [1.807, 2.05) is 30.3 Å². The van der Waals surface area contributed by atoms with E-state index in [0.29, 0.717) is 23.6 Å². The van der Waals surface area contributed by atoms with Crippen LogP contribution in [0.1, 0.15) is 44.2 Å². The molecule has 0 saturated carbocycles. The van der Waals surface area contributed by atoms with Crippen molar-refractivity contribution in [2.45, 2.75) is 45.1 Å². The molecule has 2 aromatic rings. The molecule has 0 amide bonds. The van der Waals surface area contributed by atoms with Crippen LogP contribution in [0.3, 0.4) is 0 Å². The van der Waals surface area contributed by atoms with E-state index in [9.17, 15) is 13.8 Å². The van der Waals surface area contributed by atoms with Crippen LogP contribution in [0, 0.1) is 5.41 Å². The number of alkyl halides is 1. The first-order valence-corrected chi connectivity index (χ1v) is 15.7. The van der Waals surface area contributed by atoms with Gasteiger partial charge in [0.15, 0.2) is 16.9 Å². The Bertz CT molecular complexity index is 1320. The molecule has 0 aliphatic carbocycles. The van der Waals surface area contributed by atoms with Crippen molar-refractivity contribution in [1.29, 1.82) is 0 Å². The van der Waals surface area contributed by atoms with E-state index in [1.165, 1.54) is 0 Å². The number of halogens is 1. The van der Waals surface area contributed by atoms with Crippen LogP contribution in [0.25, 0.3) is 5.70 Å². The average molecular weight is 610 g/mol. The molecule has 2 unspecified atom stereocenters. The van der Waals surface area contributed by atoms with Gasteiger partial charge in [-0.3, -0.25) is 18.4 Å². The molecule has 3 heterocycles. The van der Waals surface area contributed by atoms with E-state index in [2.05, 4.69) is 27.0 Å². The molecule has 2 aliphatic rings. The Morgan fingerprint density at radius 2 is 2.15 bits per heavy atom. The lowest BCUT2D eigenvalue weighted by molar-refractivity contribution is -0.117. The van der Waals surface area contributed by atoms with Crippen molar-refractivity contribution in [2.75, 3.05) is 32.2 Å². The lowest BCUT2D eigenvalue weighted by Crippen LogP contribution is -2.37. The van der Waals surface area contributed by atoms with Crippen LogP contribution in [0.4, 0.5) is 10.2 Å². The molecule has 41 heavy (non-hydrogen) atoms. The fraction of sp³-hybridized carbons (Fsp3) is 0.500. The number of aromatic nitrogens is 2. The van der Waals surface area contributed by atoms with Crippen molar-refractivity contribution >= 4 is 42.1 Å². The minimum Gasteiger partial charge on any atom is -0.369 e. The second-order valence-corrected chi connectivity index (χ2v) is 13.4. The van der Waals surface area contributed by atoms with Gasteiger partial charge in [-0.1, -0.05) is 62.5 Å². The molecule has 0 spiro atoms. The van der Waals surface area contributed by atoms with Gasteiger partial charge in [-0.15, -0.1) is 0 Å². The molecule has 0 bridgehead atoms. The minimum atomic E-state index is -3.94. The van der Waals surface area contributed by atoms with Gasteiger partial charge >= 0.3 is 7.75 Å². The van der Waals surface area contributed by atoms with E-state index in [4.69, 9.17) is 25.3 Å². The molecule has 4 rings (SSSR count). The van der Waals surface area contributed by atoms with Crippen molar-refractivity contribution in [3.63, 3.8) is 0 Å². The SMILES string of the molecule is C=C1NC(N)=Nc2c1ncn2C1CC[C@@](CF)(COP(=O)(NCc2ccccc2)OCCSC(=O)C(C)(C)CN)O1. The Morgan fingerprint density at radius 3 is 2.85 bits per heavy atom. The zero-order chi connectivity index (χ0) is 29.7. The maximum Gasteiger partial charge on any atom is 0.405 e. The average Bonchev–Trinajstić information content (AvgIpc) is 3.59. The number of benzene rings is 1. The number of guanidine groups is 1. The predicted octanol–water partition coefficient (Wildman–Crippen LogP) is 3.60. The number of carbonyl (C=O) groups is 1. The third-order valence-electron chi connectivity index (χ3n) is 6.80. The number of nitrogens with zero attached hydrogens (tertiary/aromatic N) is 3. The molecule has 6 N–H and O–H groups in total. The highest BCUT2D eigenvalue weighted by Gasteiger charge is 2.44. The second kappa shape index (κ2) is 13.2. The summed E-state index contributed by atoms with van der Waals surface area (Å²) < 4.78 is 47.5. The predicted molar refractivity (Wildman–Crippen MR) is 157 cm³/mol. The van der Waals surface area contributed by atoms with Crippen molar-refractivity contribution in [2.24, 2.45) is 21.9 Å². The Kier molecular flexibility index (Phi) is 10.1. The molecular weight excluding hydrogens is 572 g/mol. The molecule has 224 valence electrons. The number of hydrogen-bond acceptors (Lipinski definition) is 11. The highest BCUT2D eigenvalue weighted by atomic mass is 32.2. The Balaban J connectivity index is 1.42. The summed E-state index contributed by atoms with van der Waals surface area (Å²) >= 11 is 1.05. The Morgan fingerprint density at radius 1 is 1.39 bits per heavy atom. The van der Waals surface area contributed by atoms with Gasteiger partial charge in [0.25, 0.3) is 0 Å². The fourth-order valence-electron chi connectivity index (χ4n) is 4.16. The first-order valence-electron chi connectivity index (χ1n) is 13.2. The maximum absolute atomic E-state index is 14.5. The zero-order valence-electron chi connectivity index (χ0n) is 23.2. The number of ether oxygens (including phenoxy) is 1. The summed E-state index contributed by atoms with van der Waals surface area (Å²) in [4.78, 5) is 21.0. The summed E-state index contributed by atoms with van der Waals surface area (Å²) in [5, 5.41) is 5.58. The van der Waals surface area contributed by atoms with E-state index in [0.717, 1.165) is 17.3 Å². The summed E-state index contributed by atoms with van der Waals surface area (Å²) in [5.74, 6) is 0.858. The first kappa shape index (κ1) is 31.4. The van der Waals surface area contributed by atoms with Gasteiger partial charge in [-0.2, -0.15) is 4.99 Å². The van der Waals surface area contributed by atoms with E-state index >= 15 is 0 Å². The number of carbonyl (C=O) groups excluding carboxylic acids is 1. The van der Waals surface area contributed by atoms with Gasteiger partial charge in [-0.25, -0.2) is 19.0 Å². The molecule has 1 saturated heterocycles. The van der Waals surface area contributed by atoms with Gasteiger partial charge in [-0.05, 0) is 18.4 Å². The number of thioether (sulfide) groups is 1. The topological polar surface area (TPSA) is 168 Å². The van der Waals surface area contributed by atoms with E-state index in [-0.39, 0.29) is 49.6 Å². The van der Waals surface area contributed by atoms with Crippen LogP contribution >= 0.6 is 19.5 Å². The zero-order valence-corrected chi connectivity index (χ0v) is 24.9. The van der Waals surface area contributed by atoms with Crippen LogP contribution in [0.15, 0.2) is 48.2 Å². The third-order valence-corrected chi connectivity index (χ3v) is 9.53. The van der Waals surface area contributed by atoms with E-state index in [1.54, 1.807) is 24.7 Å². The molecule has 1 aromatic heterocycles. The van der Waals surface area contributed by atoms with Crippen LogP contribution in [0.5, 0.6) is 0 Å². The smallest absolute Gasteiger partial charge is 0.369 e. The Labute approximate surface area is 243 Å². The lowest BCUT2D eigenvalue weighted by Gasteiger charge is -2.29. The van der Waals surface area contributed by atoms with Gasteiger partial charge in [0.1, 0.15) is 24.2 Å². The molecule has 3 atom stereocenters. The summed E-state index contributed by atoms with van der Waals surface area (Å²) in [6.07, 6.45) is 1.67. The highest BCUT2D eigenvalue weighted by Crippen LogP contribution is 2.48. The van der Waals surface area contributed by atoms with Crippen molar-refractivity contribution < 1.29 is 27.5 Å². The molecule has 2 aliphatic heterocycles. The number of imidazole rings is 1. The number of hydrogen-bond donors (Lipinski definition) is 4. The lowest BCUT2D eigenvalue weighted by atomic mass is 9.96. The number of nitrogens with one attached hydrogen (secondary N) is 2. The fourth-order valence-corrected chi connectivity index (χ4v) is 6.48. The minimum absolute atomic E-state index is 0.0409. The Hall–Kier alpha value is -2.58. The van der Waals surface area contributed by atoms with Crippen LogP contribution in [-0.4, -0.2) is 58.4 Å². The largest absolute Gasteiger partial charge is 0.405 e. The van der Waals surface area contributed by atoms with Crippen molar-refractivity contribution in [1.82, 2.24) is 20.0 Å². The molecule has 1 fully saturated rings. The number of nitrogens with two attached hydrogens (primary N) is 2. The summed E-state index contributed by atoms with van der Waals surface area (Å²) in [7, 11) is -3.94. The van der Waals surface area contributed by atoms with Crippen molar-refractivity contribution in [3.05, 3.63) is 54.5 Å². The summed E-state index contributed by atoms with van der Waals surface area (Å²) in [5.41, 5.74) is 11.3. The van der Waals surface area contributed by atoms with Crippen LogP contribution in [0.2, 0.25) is 0 Å². The van der Waals surface area contributed by atoms with Crippen LogP contribution < -0.4 is 21.9 Å². The second-order valence-electron chi connectivity index (χ2n) is 10.5. The molecule has 1 aromatic carbocycles. The van der Waals surface area contributed by atoms with Gasteiger partial charge in [0, 0.05) is 24.3 Å². The van der Waals surface area contributed by atoms with E-state index < -0.39 is 31.7 Å². The third kappa shape index (κ3) is 7.63. The summed E-state index contributed by atoms with van der Waals surface area (Å²) in [6, 6.07) is 9.30. The molecule has 12 nitrogen and oxygen atoms in total. The molecule has 15 heteroatoms. The van der Waals surface area contributed by atoms with Crippen molar-refractivity contribution in [3.8, 4) is 0 Å². The molecule has 0 radical (unpaired) electrons. The standard InChI is InChI=1S/C26H37FN7O5PS/c1-18-21-22(33-24(29)32-18)34(17-30-21)20-9-10-26(14-27,39-20)16-38-40(36,31-13-19-7-5-4-6-8-19)37-11-12-41-23(35)25(2,3)15-28/h4-8,17,20H,1,9-16,28H2,2-3H3,(H,31,36)(H3,29,32,33)/t20?,26-,40?/m1/s1. The number of rotatable bonds is 14. The number of fused-ring (bicyclic) bond motifs is 1.